The zero-order chi connectivity index (χ0) is 12.1. The zero-order valence-electron chi connectivity index (χ0n) is 9.76. The number of benzene rings is 1. The van der Waals surface area contributed by atoms with E-state index >= 15 is 0 Å². The number of aryl methyl sites for hydroxylation is 1. The van der Waals surface area contributed by atoms with Gasteiger partial charge in [0.15, 0.2) is 0 Å². The van der Waals surface area contributed by atoms with Crippen LogP contribution >= 0.6 is 0 Å². The predicted octanol–water partition coefficient (Wildman–Crippen LogP) is 2.08. The van der Waals surface area contributed by atoms with Crippen LogP contribution in [0.5, 0.6) is 11.6 Å². The summed E-state index contributed by atoms with van der Waals surface area (Å²) in [5.41, 5.74) is 7.72. The fraction of sp³-hybridized carbons (Fsp3) is 0.231. The fourth-order valence-corrected chi connectivity index (χ4v) is 1.50. The molecule has 0 saturated carbocycles. The van der Waals surface area contributed by atoms with Crippen molar-refractivity contribution in [3.8, 4) is 11.6 Å². The first kappa shape index (κ1) is 11.5. The van der Waals surface area contributed by atoms with Crippen molar-refractivity contribution in [3.63, 3.8) is 0 Å². The number of ether oxygens (including phenoxy) is 1. The first-order valence-electron chi connectivity index (χ1n) is 5.54. The SMILES string of the molecule is Cc1cnnc(Oc2ccc(CCN)cc2)c1. The molecule has 0 bridgehead atoms. The van der Waals surface area contributed by atoms with Crippen molar-refractivity contribution >= 4 is 0 Å². The molecule has 2 aromatic rings. The highest BCUT2D eigenvalue weighted by atomic mass is 16.5. The van der Waals surface area contributed by atoms with E-state index in [1.807, 2.05) is 37.3 Å². The van der Waals surface area contributed by atoms with E-state index < -0.39 is 0 Å². The van der Waals surface area contributed by atoms with Gasteiger partial charge in [-0.15, -0.1) is 5.10 Å². The summed E-state index contributed by atoms with van der Waals surface area (Å²) >= 11 is 0. The van der Waals surface area contributed by atoms with Crippen LogP contribution in [0.4, 0.5) is 0 Å². The lowest BCUT2D eigenvalue weighted by Crippen LogP contribution is -2.02. The summed E-state index contributed by atoms with van der Waals surface area (Å²) in [5, 5.41) is 7.74. The third-order valence-corrected chi connectivity index (χ3v) is 2.35. The van der Waals surface area contributed by atoms with Crippen LogP contribution in [-0.2, 0) is 6.42 Å². The van der Waals surface area contributed by atoms with Gasteiger partial charge in [0.05, 0.1) is 6.20 Å². The molecule has 4 heteroatoms. The highest BCUT2D eigenvalue weighted by molar-refractivity contribution is 5.30. The summed E-state index contributed by atoms with van der Waals surface area (Å²) in [4.78, 5) is 0. The van der Waals surface area contributed by atoms with Gasteiger partial charge in [-0.3, -0.25) is 0 Å². The van der Waals surface area contributed by atoms with Crippen LogP contribution in [0.15, 0.2) is 36.5 Å². The topological polar surface area (TPSA) is 61.0 Å². The maximum atomic E-state index is 5.59. The molecule has 0 amide bonds. The Bertz CT molecular complexity index is 482. The molecular weight excluding hydrogens is 214 g/mol. The largest absolute Gasteiger partial charge is 0.438 e. The van der Waals surface area contributed by atoms with Crippen LogP contribution in [0.1, 0.15) is 11.1 Å². The minimum Gasteiger partial charge on any atom is -0.438 e. The van der Waals surface area contributed by atoms with Crippen LogP contribution in [0.25, 0.3) is 0 Å². The van der Waals surface area contributed by atoms with Crippen molar-refractivity contribution in [1.29, 1.82) is 0 Å². The molecule has 1 aromatic heterocycles. The molecule has 0 aliphatic rings. The third kappa shape index (κ3) is 3.26. The lowest BCUT2D eigenvalue weighted by molar-refractivity contribution is 0.454. The Morgan fingerprint density at radius 2 is 2.00 bits per heavy atom. The second kappa shape index (κ2) is 5.41. The molecule has 2 rings (SSSR count). The van der Waals surface area contributed by atoms with Crippen molar-refractivity contribution in [3.05, 3.63) is 47.7 Å². The maximum absolute atomic E-state index is 5.59. The van der Waals surface area contributed by atoms with E-state index in [1.165, 1.54) is 5.56 Å². The Labute approximate surface area is 100 Å². The molecule has 0 atom stereocenters. The van der Waals surface area contributed by atoms with Gasteiger partial charge in [-0.05, 0) is 43.1 Å². The van der Waals surface area contributed by atoms with Gasteiger partial charge in [-0.25, -0.2) is 0 Å². The van der Waals surface area contributed by atoms with E-state index in [1.54, 1.807) is 6.20 Å². The summed E-state index contributed by atoms with van der Waals surface area (Å²) in [5.74, 6) is 1.27. The summed E-state index contributed by atoms with van der Waals surface area (Å²) in [7, 11) is 0. The van der Waals surface area contributed by atoms with E-state index in [9.17, 15) is 0 Å². The van der Waals surface area contributed by atoms with Gasteiger partial charge >= 0.3 is 0 Å². The van der Waals surface area contributed by atoms with Gasteiger partial charge in [0, 0.05) is 6.07 Å². The van der Waals surface area contributed by atoms with Crippen LogP contribution in [0, 0.1) is 6.92 Å². The van der Waals surface area contributed by atoms with Gasteiger partial charge < -0.3 is 10.5 Å². The van der Waals surface area contributed by atoms with Crippen molar-refractivity contribution in [2.45, 2.75) is 13.3 Å². The highest BCUT2D eigenvalue weighted by Gasteiger charge is 1.99. The Kier molecular flexibility index (Phi) is 3.67. The number of aromatic nitrogens is 2. The second-order valence-corrected chi connectivity index (χ2v) is 3.86. The van der Waals surface area contributed by atoms with E-state index in [-0.39, 0.29) is 0 Å². The van der Waals surface area contributed by atoms with Crippen LogP contribution in [0.3, 0.4) is 0 Å². The Hall–Kier alpha value is -1.94. The molecule has 0 spiro atoms. The van der Waals surface area contributed by atoms with E-state index in [4.69, 9.17) is 10.5 Å². The number of rotatable bonds is 4. The zero-order valence-corrected chi connectivity index (χ0v) is 9.76. The average Bonchev–Trinajstić information content (AvgIpc) is 2.32. The van der Waals surface area contributed by atoms with Crippen molar-refractivity contribution in [2.75, 3.05) is 6.54 Å². The molecule has 17 heavy (non-hydrogen) atoms. The minimum atomic E-state index is 0.511. The molecule has 0 saturated heterocycles. The Morgan fingerprint density at radius 3 is 2.65 bits per heavy atom. The van der Waals surface area contributed by atoms with Gasteiger partial charge in [0.25, 0.3) is 0 Å². The summed E-state index contributed by atoms with van der Waals surface area (Å²) in [6, 6.07) is 9.68. The molecule has 1 aromatic carbocycles. The number of hydrogen-bond acceptors (Lipinski definition) is 4. The molecule has 0 aliphatic heterocycles. The van der Waals surface area contributed by atoms with Gasteiger partial charge in [-0.1, -0.05) is 12.1 Å². The van der Waals surface area contributed by atoms with Gasteiger partial charge in [-0.2, -0.15) is 5.10 Å². The van der Waals surface area contributed by atoms with Crippen LogP contribution in [-0.4, -0.2) is 16.7 Å². The maximum Gasteiger partial charge on any atom is 0.239 e. The molecule has 2 N–H and O–H groups in total. The first-order valence-corrected chi connectivity index (χ1v) is 5.54. The van der Waals surface area contributed by atoms with E-state index in [2.05, 4.69) is 10.2 Å². The van der Waals surface area contributed by atoms with Crippen molar-refractivity contribution in [2.24, 2.45) is 5.73 Å². The second-order valence-electron chi connectivity index (χ2n) is 3.86. The van der Waals surface area contributed by atoms with E-state index in [0.717, 1.165) is 17.7 Å². The monoisotopic (exact) mass is 229 g/mol. The Balaban J connectivity index is 2.08. The lowest BCUT2D eigenvalue weighted by Gasteiger charge is -2.05. The third-order valence-electron chi connectivity index (χ3n) is 2.35. The number of nitrogens with zero attached hydrogens (tertiary/aromatic N) is 2. The fourth-order valence-electron chi connectivity index (χ4n) is 1.50. The summed E-state index contributed by atoms with van der Waals surface area (Å²) in [6.45, 7) is 2.61. The molecule has 88 valence electrons. The number of hydrogen-bond donors (Lipinski definition) is 1. The molecular formula is C13H15N3O. The summed E-state index contributed by atoms with van der Waals surface area (Å²) in [6.07, 6.45) is 2.57. The molecule has 1 heterocycles. The quantitative estimate of drug-likeness (QED) is 0.872. The van der Waals surface area contributed by atoms with Crippen molar-refractivity contribution < 1.29 is 4.74 Å². The predicted molar refractivity (Wildman–Crippen MR) is 66.0 cm³/mol. The molecule has 4 nitrogen and oxygen atoms in total. The molecule has 0 radical (unpaired) electrons. The van der Waals surface area contributed by atoms with Gasteiger partial charge in [0.2, 0.25) is 5.88 Å². The average molecular weight is 229 g/mol. The molecule has 0 fully saturated rings. The first-order chi connectivity index (χ1) is 8.28. The lowest BCUT2D eigenvalue weighted by atomic mass is 10.1. The summed E-state index contributed by atoms with van der Waals surface area (Å²) < 4.78 is 5.59. The van der Waals surface area contributed by atoms with Crippen molar-refractivity contribution in [1.82, 2.24) is 10.2 Å². The number of nitrogens with two attached hydrogens (primary N) is 1. The highest BCUT2D eigenvalue weighted by Crippen LogP contribution is 2.19. The minimum absolute atomic E-state index is 0.511. The van der Waals surface area contributed by atoms with Gasteiger partial charge in [0.1, 0.15) is 5.75 Å². The molecule has 0 unspecified atom stereocenters. The van der Waals surface area contributed by atoms with Crippen LogP contribution < -0.4 is 10.5 Å². The van der Waals surface area contributed by atoms with E-state index in [0.29, 0.717) is 12.4 Å². The molecule has 0 aliphatic carbocycles. The standard InChI is InChI=1S/C13H15N3O/c1-10-8-13(16-15-9-10)17-12-4-2-11(3-5-12)6-7-14/h2-5,8-9H,6-7,14H2,1H3. The Morgan fingerprint density at radius 1 is 1.24 bits per heavy atom. The van der Waals surface area contributed by atoms with Crippen LogP contribution in [0.2, 0.25) is 0 Å². The normalized spacial score (nSPS) is 10.2. The smallest absolute Gasteiger partial charge is 0.239 e.